The molecule has 1 aromatic carbocycles. The largest absolute Gasteiger partial charge is 0.619 e. The average Bonchev–Trinajstić information content (AvgIpc) is 2.49. The van der Waals surface area contributed by atoms with Crippen LogP contribution in [0.2, 0.25) is 0 Å². The molecule has 0 atom stereocenters. The van der Waals surface area contributed by atoms with Gasteiger partial charge in [0.05, 0.1) is 12.1 Å². The highest BCUT2D eigenvalue weighted by molar-refractivity contribution is 5.99. The van der Waals surface area contributed by atoms with E-state index >= 15 is 0 Å². The summed E-state index contributed by atoms with van der Waals surface area (Å²) < 4.78 is 0.598. The van der Waals surface area contributed by atoms with Crippen LogP contribution in [0, 0.1) is 12.1 Å². The van der Waals surface area contributed by atoms with Crippen LogP contribution < -0.4 is 10.0 Å². The van der Waals surface area contributed by atoms with Crippen molar-refractivity contribution in [2.24, 2.45) is 0 Å². The first kappa shape index (κ1) is 15.5. The Labute approximate surface area is 128 Å². The molecule has 0 saturated carbocycles. The lowest BCUT2D eigenvalue weighted by molar-refractivity contribution is -0.605. The van der Waals surface area contributed by atoms with Gasteiger partial charge in [-0.15, -0.1) is 0 Å². The number of likely N-dealkylation sites (N-methyl/N-ethyl adjacent to an activating group) is 1. The highest BCUT2D eigenvalue weighted by atomic mass is 16.5. The molecule has 6 heteroatoms. The Hall–Kier alpha value is -2.89. The van der Waals surface area contributed by atoms with Gasteiger partial charge in [0, 0.05) is 24.9 Å². The fraction of sp³-hybridized carbons (Fsp3) is 0.188. The zero-order valence-electron chi connectivity index (χ0n) is 12.4. The number of anilines is 1. The van der Waals surface area contributed by atoms with Gasteiger partial charge in [0.15, 0.2) is 12.4 Å². The fourth-order valence-electron chi connectivity index (χ4n) is 1.90. The van der Waals surface area contributed by atoms with E-state index < -0.39 is 0 Å². The number of amides is 2. The van der Waals surface area contributed by atoms with Gasteiger partial charge in [-0.25, -0.2) is 0 Å². The van der Waals surface area contributed by atoms with Crippen LogP contribution in [0.1, 0.15) is 15.9 Å². The number of carbonyl (C=O) groups excluding carboxylic acids is 2. The fourth-order valence-corrected chi connectivity index (χ4v) is 1.90. The maximum Gasteiger partial charge on any atom is 0.254 e. The van der Waals surface area contributed by atoms with E-state index in [1.165, 1.54) is 36.5 Å². The van der Waals surface area contributed by atoms with Gasteiger partial charge in [-0.2, -0.15) is 4.73 Å². The summed E-state index contributed by atoms with van der Waals surface area (Å²) >= 11 is 0. The van der Waals surface area contributed by atoms with Crippen LogP contribution in [0.15, 0.2) is 48.8 Å². The monoisotopic (exact) mass is 299 g/mol. The Balaban J connectivity index is 1.94. The normalized spacial score (nSPS) is 10.1. The van der Waals surface area contributed by atoms with E-state index in [0.717, 1.165) is 5.56 Å². The highest BCUT2D eigenvalue weighted by Crippen LogP contribution is 2.08. The third-order valence-corrected chi connectivity index (χ3v) is 3.11. The van der Waals surface area contributed by atoms with Crippen LogP contribution in [0.3, 0.4) is 0 Å². The molecule has 0 aliphatic heterocycles. The summed E-state index contributed by atoms with van der Waals surface area (Å²) in [6.45, 7) is 1.89. The number of hydrogen-bond donors (Lipinski definition) is 1. The van der Waals surface area contributed by atoms with Gasteiger partial charge in [-0.1, -0.05) is 17.7 Å². The maximum atomic E-state index is 12.1. The molecule has 0 bridgehead atoms. The molecule has 1 N–H and O–H groups in total. The van der Waals surface area contributed by atoms with Crippen molar-refractivity contribution >= 4 is 17.5 Å². The van der Waals surface area contributed by atoms with Crippen LogP contribution in [0.5, 0.6) is 0 Å². The van der Waals surface area contributed by atoms with Gasteiger partial charge in [-0.3, -0.25) is 9.59 Å². The van der Waals surface area contributed by atoms with E-state index in [1.807, 2.05) is 19.1 Å². The smallest absolute Gasteiger partial charge is 0.254 e. The minimum atomic E-state index is -0.320. The average molecular weight is 299 g/mol. The zero-order valence-corrected chi connectivity index (χ0v) is 12.4. The molecule has 114 valence electrons. The maximum absolute atomic E-state index is 12.1. The third kappa shape index (κ3) is 4.05. The molecule has 1 heterocycles. The van der Waals surface area contributed by atoms with E-state index in [4.69, 9.17) is 0 Å². The Morgan fingerprint density at radius 2 is 1.73 bits per heavy atom. The number of pyridine rings is 1. The van der Waals surface area contributed by atoms with Crippen molar-refractivity contribution in [3.8, 4) is 0 Å². The molecule has 0 aliphatic carbocycles. The summed E-state index contributed by atoms with van der Waals surface area (Å²) in [4.78, 5) is 25.4. The quantitative estimate of drug-likeness (QED) is 0.683. The lowest BCUT2D eigenvalue weighted by Crippen LogP contribution is -2.35. The van der Waals surface area contributed by atoms with Gasteiger partial charge in [0.2, 0.25) is 5.91 Å². The summed E-state index contributed by atoms with van der Waals surface area (Å²) in [5, 5.41) is 13.7. The molecule has 2 amide bonds. The summed E-state index contributed by atoms with van der Waals surface area (Å²) in [5.74, 6) is -0.603. The van der Waals surface area contributed by atoms with Gasteiger partial charge in [-0.05, 0) is 19.1 Å². The van der Waals surface area contributed by atoms with Crippen molar-refractivity contribution in [1.29, 1.82) is 0 Å². The van der Waals surface area contributed by atoms with E-state index in [1.54, 1.807) is 12.1 Å². The van der Waals surface area contributed by atoms with Crippen molar-refractivity contribution in [1.82, 2.24) is 4.90 Å². The molecule has 1 aromatic heterocycles. The standard InChI is InChI=1S/C16H17N3O3/c1-12-3-5-14(6-4-12)17-15(20)11-18(2)16(21)13-7-9-19(22)10-8-13/h3-10H,11H2,1-2H3,(H,17,20). The van der Waals surface area contributed by atoms with Crippen LogP contribution >= 0.6 is 0 Å². The summed E-state index contributed by atoms with van der Waals surface area (Å²) in [5.41, 5.74) is 2.14. The predicted molar refractivity (Wildman–Crippen MR) is 82.2 cm³/mol. The molecule has 0 saturated heterocycles. The first-order valence-corrected chi connectivity index (χ1v) is 6.76. The van der Waals surface area contributed by atoms with Crippen molar-refractivity contribution in [3.05, 3.63) is 65.1 Å². The Kier molecular flexibility index (Phi) is 4.73. The van der Waals surface area contributed by atoms with Crippen LogP contribution in [0.4, 0.5) is 5.69 Å². The second-order valence-electron chi connectivity index (χ2n) is 5.02. The van der Waals surface area contributed by atoms with Gasteiger partial charge in [0.1, 0.15) is 0 Å². The van der Waals surface area contributed by atoms with Crippen LogP contribution in [-0.4, -0.2) is 30.3 Å². The van der Waals surface area contributed by atoms with E-state index in [2.05, 4.69) is 5.32 Å². The summed E-state index contributed by atoms with van der Waals surface area (Å²) in [6.07, 6.45) is 2.49. The molecule has 6 nitrogen and oxygen atoms in total. The molecule has 2 aromatic rings. The number of aromatic nitrogens is 1. The third-order valence-electron chi connectivity index (χ3n) is 3.11. The van der Waals surface area contributed by atoms with E-state index in [-0.39, 0.29) is 18.4 Å². The van der Waals surface area contributed by atoms with Gasteiger partial charge in [0.25, 0.3) is 5.91 Å². The lowest BCUT2D eigenvalue weighted by atomic mass is 10.2. The Bertz CT molecular complexity index is 666. The number of nitrogens with one attached hydrogen (secondary N) is 1. The molecule has 22 heavy (non-hydrogen) atoms. The van der Waals surface area contributed by atoms with E-state index in [9.17, 15) is 14.8 Å². The lowest BCUT2D eigenvalue weighted by Gasteiger charge is -2.16. The summed E-state index contributed by atoms with van der Waals surface area (Å²) in [7, 11) is 1.54. The topological polar surface area (TPSA) is 76.4 Å². The predicted octanol–water partition coefficient (Wildman–Crippen LogP) is 1.34. The molecule has 0 spiro atoms. The molecule has 0 aliphatic rings. The number of hydrogen-bond acceptors (Lipinski definition) is 3. The SMILES string of the molecule is Cc1ccc(NC(=O)CN(C)C(=O)c2cc[n+]([O-])cc2)cc1. The van der Waals surface area contributed by atoms with Gasteiger partial charge < -0.3 is 15.4 Å². The molecule has 2 rings (SSSR count). The summed E-state index contributed by atoms with van der Waals surface area (Å²) in [6, 6.07) is 10.2. The molecular formula is C16H17N3O3. The van der Waals surface area contributed by atoms with Crippen molar-refractivity contribution in [2.75, 3.05) is 18.9 Å². The van der Waals surface area contributed by atoms with Crippen molar-refractivity contribution in [2.45, 2.75) is 6.92 Å². The second kappa shape index (κ2) is 6.71. The number of nitrogens with zero attached hydrogens (tertiary/aromatic N) is 2. The number of rotatable bonds is 4. The minimum absolute atomic E-state index is 0.0705. The first-order chi connectivity index (χ1) is 10.5. The number of benzene rings is 1. The molecule has 0 fully saturated rings. The zero-order chi connectivity index (χ0) is 16.1. The van der Waals surface area contributed by atoms with E-state index in [0.29, 0.717) is 16.0 Å². The van der Waals surface area contributed by atoms with Gasteiger partial charge >= 0.3 is 0 Å². The molecular weight excluding hydrogens is 282 g/mol. The Morgan fingerprint density at radius 1 is 1.14 bits per heavy atom. The minimum Gasteiger partial charge on any atom is -0.619 e. The molecule has 0 radical (unpaired) electrons. The molecule has 0 unspecified atom stereocenters. The Morgan fingerprint density at radius 3 is 2.32 bits per heavy atom. The number of carbonyl (C=O) groups is 2. The van der Waals surface area contributed by atoms with Crippen LogP contribution in [-0.2, 0) is 4.79 Å². The van der Waals surface area contributed by atoms with Crippen molar-refractivity contribution < 1.29 is 14.3 Å². The second-order valence-corrected chi connectivity index (χ2v) is 5.02. The van der Waals surface area contributed by atoms with Crippen LogP contribution in [0.25, 0.3) is 0 Å². The first-order valence-electron chi connectivity index (χ1n) is 6.76. The van der Waals surface area contributed by atoms with Crippen molar-refractivity contribution in [3.63, 3.8) is 0 Å². The highest BCUT2D eigenvalue weighted by Gasteiger charge is 2.15. The number of aryl methyl sites for hydroxylation is 1.